The molecule has 1 aliphatic rings. The van der Waals surface area contributed by atoms with Gasteiger partial charge in [-0.15, -0.1) is 12.4 Å². The Hall–Kier alpha value is -1.00. The topological polar surface area (TPSA) is 43.3 Å². The first-order valence-electron chi connectivity index (χ1n) is 4.92. The molecule has 0 bridgehead atoms. The maximum absolute atomic E-state index is 11.3. The molecule has 0 saturated carbocycles. The standard InChI is InChI=1S/C10H14N2O2.ClH/c13-10-3-1-2-8-12(10)14-9-4-6-11-7-5-9;/h1-3,8-9,11H,4-7H2;1H. The minimum atomic E-state index is -0.106. The molecule has 0 radical (unpaired) electrons. The number of piperidine rings is 1. The molecule has 2 rings (SSSR count). The normalized spacial score (nSPS) is 16.8. The van der Waals surface area contributed by atoms with Crippen LogP contribution in [0.1, 0.15) is 12.8 Å². The Morgan fingerprint density at radius 2 is 2.07 bits per heavy atom. The van der Waals surface area contributed by atoms with Crippen LogP contribution < -0.4 is 15.7 Å². The zero-order valence-corrected chi connectivity index (χ0v) is 9.20. The van der Waals surface area contributed by atoms with Crippen LogP contribution in [0.15, 0.2) is 29.2 Å². The molecule has 0 aliphatic carbocycles. The maximum atomic E-state index is 11.3. The number of rotatable bonds is 2. The maximum Gasteiger partial charge on any atom is 0.282 e. The van der Waals surface area contributed by atoms with E-state index in [2.05, 4.69) is 5.32 Å². The van der Waals surface area contributed by atoms with Crippen LogP contribution in [0.2, 0.25) is 0 Å². The molecule has 1 aromatic rings. The highest BCUT2D eigenvalue weighted by molar-refractivity contribution is 5.85. The van der Waals surface area contributed by atoms with E-state index >= 15 is 0 Å². The molecule has 5 heteroatoms. The molecule has 15 heavy (non-hydrogen) atoms. The van der Waals surface area contributed by atoms with Crippen molar-refractivity contribution in [1.82, 2.24) is 10.0 Å². The molecule has 1 N–H and O–H groups in total. The minimum absolute atomic E-state index is 0. The smallest absolute Gasteiger partial charge is 0.282 e. The van der Waals surface area contributed by atoms with Crippen LogP contribution in [0.5, 0.6) is 0 Å². The molecule has 4 nitrogen and oxygen atoms in total. The van der Waals surface area contributed by atoms with E-state index in [-0.39, 0.29) is 24.1 Å². The molecular formula is C10H15ClN2O2. The van der Waals surface area contributed by atoms with E-state index < -0.39 is 0 Å². The lowest BCUT2D eigenvalue weighted by molar-refractivity contribution is 0.0131. The lowest BCUT2D eigenvalue weighted by Gasteiger charge is -2.23. The highest BCUT2D eigenvalue weighted by Crippen LogP contribution is 2.03. The van der Waals surface area contributed by atoms with Crippen molar-refractivity contribution in [3.63, 3.8) is 0 Å². The zero-order valence-electron chi connectivity index (χ0n) is 8.39. The van der Waals surface area contributed by atoms with Crippen LogP contribution in [0.4, 0.5) is 0 Å². The second-order valence-electron chi connectivity index (χ2n) is 3.42. The number of aromatic nitrogens is 1. The number of nitrogens with zero attached hydrogens (tertiary/aromatic N) is 1. The first-order valence-corrected chi connectivity index (χ1v) is 4.92. The third-order valence-corrected chi connectivity index (χ3v) is 2.34. The monoisotopic (exact) mass is 230 g/mol. The largest absolute Gasteiger partial charge is 0.407 e. The molecule has 1 aromatic heterocycles. The number of pyridine rings is 1. The fraction of sp³-hybridized carbons (Fsp3) is 0.500. The SMILES string of the molecule is Cl.O=c1ccccn1OC1CCNCC1. The van der Waals surface area contributed by atoms with Crippen molar-refractivity contribution in [2.24, 2.45) is 0 Å². The van der Waals surface area contributed by atoms with Crippen molar-refractivity contribution in [3.05, 3.63) is 34.7 Å². The van der Waals surface area contributed by atoms with Gasteiger partial charge < -0.3 is 10.2 Å². The second-order valence-corrected chi connectivity index (χ2v) is 3.42. The molecule has 0 spiro atoms. The van der Waals surface area contributed by atoms with Crippen molar-refractivity contribution < 1.29 is 4.84 Å². The Bertz CT molecular complexity index is 347. The quantitative estimate of drug-likeness (QED) is 0.803. The van der Waals surface area contributed by atoms with Gasteiger partial charge in [-0.3, -0.25) is 4.79 Å². The van der Waals surface area contributed by atoms with Crippen molar-refractivity contribution >= 4 is 12.4 Å². The molecule has 0 amide bonds. The molecule has 0 unspecified atom stereocenters. The van der Waals surface area contributed by atoms with E-state index in [1.807, 2.05) is 0 Å². The van der Waals surface area contributed by atoms with Gasteiger partial charge >= 0.3 is 0 Å². The summed E-state index contributed by atoms with van der Waals surface area (Å²) < 4.78 is 1.32. The Kier molecular flexibility index (Phi) is 4.65. The molecule has 2 heterocycles. The molecule has 0 aromatic carbocycles. The van der Waals surface area contributed by atoms with E-state index in [0.717, 1.165) is 25.9 Å². The van der Waals surface area contributed by atoms with Gasteiger partial charge in [0.1, 0.15) is 6.10 Å². The summed E-state index contributed by atoms with van der Waals surface area (Å²) in [4.78, 5) is 16.9. The van der Waals surface area contributed by atoms with Gasteiger partial charge in [-0.25, -0.2) is 0 Å². The lowest BCUT2D eigenvalue weighted by atomic mass is 10.1. The summed E-state index contributed by atoms with van der Waals surface area (Å²) in [6.07, 6.45) is 3.74. The van der Waals surface area contributed by atoms with E-state index in [1.54, 1.807) is 18.3 Å². The first-order chi connectivity index (χ1) is 6.86. The first kappa shape index (κ1) is 12.1. The fourth-order valence-corrected chi connectivity index (χ4v) is 1.56. The predicted octanol–water partition coefficient (Wildman–Crippen LogP) is 0.451. The van der Waals surface area contributed by atoms with Gasteiger partial charge in [0.25, 0.3) is 5.56 Å². The van der Waals surface area contributed by atoms with Crippen molar-refractivity contribution in [2.75, 3.05) is 13.1 Å². The van der Waals surface area contributed by atoms with Gasteiger partial charge in [-0.05, 0) is 32.0 Å². The molecule has 1 saturated heterocycles. The predicted molar refractivity (Wildman–Crippen MR) is 60.4 cm³/mol. The average molecular weight is 231 g/mol. The summed E-state index contributed by atoms with van der Waals surface area (Å²) in [6.45, 7) is 1.93. The molecular weight excluding hydrogens is 216 g/mol. The molecule has 1 aliphatic heterocycles. The minimum Gasteiger partial charge on any atom is -0.407 e. The molecule has 0 atom stereocenters. The van der Waals surface area contributed by atoms with E-state index in [9.17, 15) is 4.79 Å². The number of halogens is 1. The third kappa shape index (κ3) is 3.25. The van der Waals surface area contributed by atoms with Crippen molar-refractivity contribution in [3.8, 4) is 0 Å². The van der Waals surface area contributed by atoms with Crippen LogP contribution in [-0.2, 0) is 0 Å². The van der Waals surface area contributed by atoms with E-state index in [0.29, 0.717) is 0 Å². The summed E-state index contributed by atoms with van der Waals surface area (Å²) in [5.74, 6) is 0. The van der Waals surface area contributed by atoms with Crippen LogP contribution in [0, 0.1) is 0 Å². The molecule has 84 valence electrons. The Morgan fingerprint density at radius 1 is 1.33 bits per heavy atom. The highest BCUT2D eigenvalue weighted by Gasteiger charge is 2.14. The summed E-state index contributed by atoms with van der Waals surface area (Å²) in [5.41, 5.74) is -0.106. The Labute approximate surface area is 94.6 Å². The van der Waals surface area contributed by atoms with Crippen LogP contribution in [0.3, 0.4) is 0 Å². The molecule has 1 fully saturated rings. The Morgan fingerprint density at radius 3 is 2.73 bits per heavy atom. The number of hydrogen-bond donors (Lipinski definition) is 1. The highest BCUT2D eigenvalue weighted by atomic mass is 35.5. The van der Waals surface area contributed by atoms with Crippen molar-refractivity contribution in [1.29, 1.82) is 0 Å². The number of nitrogens with one attached hydrogen (secondary N) is 1. The third-order valence-electron chi connectivity index (χ3n) is 2.34. The van der Waals surface area contributed by atoms with Crippen molar-refractivity contribution in [2.45, 2.75) is 18.9 Å². The van der Waals surface area contributed by atoms with Crippen LogP contribution in [-0.4, -0.2) is 23.9 Å². The van der Waals surface area contributed by atoms with Crippen LogP contribution >= 0.6 is 12.4 Å². The zero-order chi connectivity index (χ0) is 9.80. The van der Waals surface area contributed by atoms with Gasteiger partial charge in [0.2, 0.25) is 0 Å². The summed E-state index contributed by atoms with van der Waals surface area (Å²) in [6, 6.07) is 5.01. The summed E-state index contributed by atoms with van der Waals surface area (Å²) >= 11 is 0. The van der Waals surface area contributed by atoms with Gasteiger partial charge in [0, 0.05) is 12.3 Å². The Balaban J connectivity index is 0.00000112. The van der Waals surface area contributed by atoms with Crippen LogP contribution in [0.25, 0.3) is 0 Å². The van der Waals surface area contributed by atoms with Gasteiger partial charge in [-0.1, -0.05) is 6.07 Å². The number of hydrogen-bond acceptors (Lipinski definition) is 3. The second kappa shape index (κ2) is 5.78. The summed E-state index contributed by atoms with van der Waals surface area (Å²) in [7, 11) is 0. The van der Waals surface area contributed by atoms with Gasteiger partial charge in [0.05, 0.1) is 0 Å². The van der Waals surface area contributed by atoms with E-state index in [4.69, 9.17) is 4.84 Å². The van der Waals surface area contributed by atoms with Gasteiger partial charge in [-0.2, -0.15) is 4.73 Å². The average Bonchev–Trinajstić information content (AvgIpc) is 2.23. The fourth-order valence-electron chi connectivity index (χ4n) is 1.56. The van der Waals surface area contributed by atoms with Gasteiger partial charge in [0.15, 0.2) is 0 Å². The lowest BCUT2D eigenvalue weighted by Crippen LogP contribution is -2.40. The summed E-state index contributed by atoms with van der Waals surface area (Å²) in [5, 5.41) is 3.25. The van der Waals surface area contributed by atoms with E-state index in [1.165, 1.54) is 10.8 Å².